The number of hydrogen-bond donors (Lipinski definition) is 0. The number of ether oxygens (including phenoxy) is 1. The van der Waals surface area contributed by atoms with E-state index in [2.05, 4.69) is 115 Å². The van der Waals surface area contributed by atoms with E-state index in [4.69, 9.17) is 4.74 Å². The second-order valence-electron chi connectivity index (χ2n) is 8.08. The van der Waals surface area contributed by atoms with Gasteiger partial charge in [-0.25, -0.2) is 0 Å². The van der Waals surface area contributed by atoms with Gasteiger partial charge in [-0.05, 0) is 44.7 Å². The van der Waals surface area contributed by atoms with E-state index in [0.29, 0.717) is 0 Å². The zero-order valence-electron chi connectivity index (χ0n) is 17.4. The maximum Gasteiger partial charge on any atom is 0.127 e. The molecule has 0 spiro atoms. The summed E-state index contributed by atoms with van der Waals surface area (Å²) in [6, 6.07) is 41.4. The van der Waals surface area contributed by atoms with Crippen molar-refractivity contribution in [3.05, 3.63) is 138 Å². The first-order valence-corrected chi connectivity index (χ1v) is 10.7. The summed E-state index contributed by atoms with van der Waals surface area (Å²) in [5.41, 5.74) is 7.18. The Morgan fingerprint density at radius 3 is 1.87 bits per heavy atom. The van der Waals surface area contributed by atoms with Crippen LogP contribution in [0.3, 0.4) is 0 Å². The molecule has 5 aromatic rings. The SMILES string of the molecule is COc1cc2ccccc2c2c1-c1ccccc1C2(c1ccccc1)c1ccccc1. The van der Waals surface area contributed by atoms with Crippen LogP contribution < -0.4 is 4.74 Å². The van der Waals surface area contributed by atoms with Gasteiger partial charge in [-0.2, -0.15) is 0 Å². The zero-order chi connectivity index (χ0) is 20.8. The second kappa shape index (κ2) is 6.85. The molecule has 0 heterocycles. The predicted octanol–water partition coefficient (Wildman–Crippen LogP) is 7.21. The van der Waals surface area contributed by atoms with Crippen molar-refractivity contribution in [2.75, 3.05) is 7.11 Å². The molecule has 1 nitrogen and oxygen atoms in total. The standard InChI is InChI=1S/C30H22O/c1-31-27-20-21-12-8-9-17-24(21)29-28(27)25-18-10-11-19-26(25)30(29,22-13-4-2-5-14-22)23-15-6-3-7-16-23/h2-20H,1H3. The first-order chi connectivity index (χ1) is 15.4. The summed E-state index contributed by atoms with van der Waals surface area (Å²) >= 11 is 0. The van der Waals surface area contributed by atoms with Crippen LogP contribution >= 0.6 is 0 Å². The monoisotopic (exact) mass is 398 g/mol. The highest BCUT2D eigenvalue weighted by Gasteiger charge is 2.48. The van der Waals surface area contributed by atoms with Gasteiger partial charge >= 0.3 is 0 Å². The van der Waals surface area contributed by atoms with E-state index in [1.807, 2.05) is 0 Å². The highest BCUT2D eigenvalue weighted by atomic mass is 16.5. The zero-order valence-corrected chi connectivity index (χ0v) is 17.4. The number of benzene rings is 5. The molecule has 31 heavy (non-hydrogen) atoms. The molecule has 6 rings (SSSR count). The van der Waals surface area contributed by atoms with Gasteiger partial charge in [0.1, 0.15) is 5.75 Å². The molecule has 0 saturated heterocycles. The van der Waals surface area contributed by atoms with Crippen molar-refractivity contribution in [1.82, 2.24) is 0 Å². The van der Waals surface area contributed by atoms with Crippen LogP contribution in [0.4, 0.5) is 0 Å². The molecule has 0 amide bonds. The van der Waals surface area contributed by atoms with Crippen LogP contribution in [0.1, 0.15) is 22.3 Å². The summed E-state index contributed by atoms with van der Waals surface area (Å²) in [7, 11) is 1.78. The van der Waals surface area contributed by atoms with Crippen molar-refractivity contribution in [3.8, 4) is 16.9 Å². The van der Waals surface area contributed by atoms with Gasteiger partial charge < -0.3 is 4.74 Å². The molecule has 1 aliphatic carbocycles. The lowest BCUT2D eigenvalue weighted by Gasteiger charge is -2.34. The van der Waals surface area contributed by atoms with Crippen molar-refractivity contribution in [3.63, 3.8) is 0 Å². The van der Waals surface area contributed by atoms with E-state index in [1.165, 1.54) is 44.2 Å². The minimum atomic E-state index is -0.414. The molecule has 0 aromatic heterocycles. The number of hydrogen-bond acceptors (Lipinski definition) is 1. The van der Waals surface area contributed by atoms with Crippen LogP contribution in [-0.4, -0.2) is 7.11 Å². The lowest BCUT2D eigenvalue weighted by Crippen LogP contribution is -2.28. The number of methoxy groups -OCH3 is 1. The minimum Gasteiger partial charge on any atom is -0.496 e. The maximum atomic E-state index is 5.99. The Bertz CT molecular complexity index is 1360. The maximum absolute atomic E-state index is 5.99. The van der Waals surface area contributed by atoms with E-state index < -0.39 is 5.41 Å². The summed E-state index contributed by atoms with van der Waals surface area (Å²) in [6.45, 7) is 0. The summed E-state index contributed by atoms with van der Waals surface area (Å²) < 4.78 is 5.99. The Morgan fingerprint density at radius 1 is 0.613 bits per heavy atom. The van der Waals surface area contributed by atoms with Gasteiger partial charge in [0.05, 0.1) is 12.5 Å². The van der Waals surface area contributed by atoms with E-state index in [9.17, 15) is 0 Å². The predicted molar refractivity (Wildman–Crippen MR) is 128 cm³/mol. The Balaban J connectivity index is 1.91. The Morgan fingerprint density at radius 2 is 1.19 bits per heavy atom. The van der Waals surface area contributed by atoms with Crippen LogP contribution in [0.15, 0.2) is 115 Å². The first kappa shape index (κ1) is 18.0. The van der Waals surface area contributed by atoms with Crippen molar-refractivity contribution < 1.29 is 4.74 Å². The van der Waals surface area contributed by atoms with Crippen LogP contribution in [0, 0.1) is 0 Å². The third-order valence-electron chi connectivity index (χ3n) is 6.62. The highest BCUT2D eigenvalue weighted by Crippen LogP contribution is 2.60. The van der Waals surface area contributed by atoms with E-state index in [0.717, 1.165) is 5.75 Å². The molecule has 0 saturated carbocycles. The average molecular weight is 399 g/mol. The van der Waals surface area contributed by atoms with Crippen LogP contribution in [0.5, 0.6) is 5.75 Å². The molecule has 1 aliphatic rings. The van der Waals surface area contributed by atoms with E-state index >= 15 is 0 Å². The fraction of sp³-hybridized carbons (Fsp3) is 0.0667. The molecule has 0 radical (unpaired) electrons. The summed E-state index contributed by atoms with van der Waals surface area (Å²) in [5.74, 6) is 0.926. The van der Waals surface area contributed by atoms with Crippen molar-refractivity contribution in [2.24, 2.45) is 0 Å². The molecule has 0 atom stereocenters. The molecule has 5 aromatic carbocycles. The topological polar surface area (TPSA) is 9.23 Å². The molecular weight excluding hydrogens is 376 g/mol. The third-order valence-corrected chi connectivity index (χ3v) is 6.62. The van der Waals surface area contributed by atoms with Gasteiger partial charge in [0, 0.05) is 5.56 Å². The van der Waals surface area contributed by atoms with Crippen molar-refractivity contribution in [2.45, 2.75) is 5.41 Å². The quantitative estimate of drug-likeness (QED) is 0.306. The van der Waals surface area contributed by atoms with Crippen LogP contribution in [0.2, 0.25) is 0 Å². The molecule has 0 aliphatic heterocycles. The van der Waals surface area contributed by atoms with Gasteiger partial charge in [-0.1, -0.05) is 109 Å². The van der Waals surface area contributed by atoms with Gasteiger partial charge in [0.15, 0.2) is 0 Å². The molecule has 148 valence electrons. The van der Waals surface area contributed by atoms with Gasteiger partial charge in [-0.15, -0.1) is 0 Å². The summed E-state index contributed by atoms with van der Waals surface area (Å²) in [5, 5.41) is 2.46. The fourth-order valence-electron chi connectivity index (χ4n) is 5.45. The van der Waals surface area contributed by atoms with Gasteiger partial charge in [0.25, 0.3) is 0 Å². The first-order valence-electron chi connectivity index (χ1n) is 10.7. The van der Waals surface area contributed by atoms with E-state index in [-0.39, 0.29) is 0 Å². The van der Waals surface area contributed by atoms with Crippen molar-refractivity contribution in [1.29, 1.82) is 0 Å². The lowest BCUT2D eigenvalue weighted by molar-refractivity contribution is 0.417. The Hall–Kier alpha value is -3.84. The number of rotatable bonds is 3. The number of fused-ring (bicyclic) bond motifs is 5. The smallest absolute Gasteiger partial charge is 0.127 e. The highest BCUT2D eigenvalue weighted by molar-refractivity contribution is 6.02. The van der Waals surface area contributed by atoms with E-state index in [1.54, 1.807) is 7.11 Å². The lowest BCUT2D eigenvalue weighted by atomic mass is 9.66. The molecule has 0 bridgehead atoms. The van der Waals surface area contributed by atoms with Crippen LogP contribution in [-0.2, 0) is 5.41 Å². The average Bonchev–Trinajstić information content (AvgIpc) is 3.17. The fourth-order valence-corrected chi connectivity index (χ4v) is 5.45. The molecule has 0 N–H and O–H groups in total. The Kier molecular flexibility index (Phi) is 3.97. The molecule has 0 fully saturated rings. The largest absolute Gasteiger partial charge is 0.496 e. The molecule has 0 unspecified atom stereocenters. The molecular formula is C30H22O. The van der Waals surface area contributed by atoms with Gasteiger partial charge in [-0.3, -0.25) is 0 Å². The Labute approximate surface area is 182 Å². The summed E-state index contributed by atoms with van der Waals surface area (Å²) in [4.78, 5) is 0. The van der Waals surface area contributed by atoms with Crippen LogP contribution in [0.25, 0.3) is 21.9 Å². The van der Waals surface area contributed by atoms with Crippen molar-refractivity contribution >= 4 is 10.8 Å². The second-order valence-corrected chi connectivity index (χ2v) is 8.08. The molecule has 1 heteroatoms. The third kappa shape index (κ3) is 2.38. The van der Waals surface area contributed by atoms with Gasteiger partial charge in [0.2, 0.25) is 0 Å². The normalized spacial score (nSPS) is 13.6. The minimum absolute atomic E-state index is 0.414. The summed E-state index contributed by atoms with van der Waals surface area (Å²) in [6.07, 6.45) is 0.